The second kappa shape index (κ2) is 8.49. The maximum absolute atomic E-state index is 13.5. The maximum atomic E-state index is 13.5. The summed E-state index contributed by atoms with van der Waals surface area (Å²) in [5.41, 5.74) is 1.44. The summed E-state index contributed by atoms with van der Waals surface area (Å²) >= 11 is 5.97. The van der Waals surface area contributed by atoms with Crippen molar-refractivity contribution in [2.45, 2.75) is 6.92 Å². The molecule has 2 heterocycles. The molecule has 0 aromatic heterocycles. The topological polar surface area (TPSA) is 87.0 Å². The van der Waals surface area contributed by atoms with Crippen LogP contribution >= 0.6 is 11.6 Å². The average molecular weight is 441 g/mol. The summed E-state index contributed by atoms with van der Waals surface area (Å²) in [6.45, 7) is 5.82. The highest BCUT2D eigenvalue weighted by molar-refractivity contribution is 6.45. The highest BCUT2D eigenvalue weighted by Gasteiger charge is 2.43. The lowest BCUT2D eigenvalue weighted by Crippen LogP contribution is -2.47. The summed E-state index contributed by atoms with van der Waals surface area (Å²) in [6, 6.07) is 12.2. The number of benzene rings is 2. The molecule has 2 aliphatic rings. The number of imide groups is 1. The zero-order chi connectivity index (χ0) is 22.1. The highest BCUT2D eigenvalue weighted by Crippen LogP contribution is 2.36. The van der Waals surface area contributed by atoms with Gasteiger partial charge in [0, 0.05) is 43.3 Å². The highest BCUT2D eigenvalue weighted by atomic mass is 35.5. The molecule has 0 saturated carbocycles. The lowest BCUT2D eigenvalue weighted by atomic mass is 10.0. The predicted molar refractivity (Wildman–Crippen MR) is 118 cm³/mol. The number of likely N-dealkylation sites (N-methyl/N-ethyl adjacent to an activating group) is 1. The number of halogens is 1. The lowest BCUT2D eigenvalue weighted by Gasteiger charge is -2.36. The third kappa shape index (κ3) is 3.92. The summed E-state index contributed by atoms with van der Waals surface area (Å²) in [6.07, 6.45) is 0. The number of amides is 2. The van der Waals surface area contributed by atoms with Crippen LogP contribution in [0, 0.1) is 10.1 Å². The number of hydrogen-bond acceptors (Lipinski definition) is 6. The SMILES string of the molecule is CCN1CCN(C2=C(c3ccc([N+](=O)[O-])cc3)C(=O)N(c3ccc(Cl)cc3)C2=O)CC1. The number of piperazine rings is 1. The fourth-order valence-corrected chi connectivity index (χ4v) is 4.06. The standard InChI is InChI=1S/C22H21ClN4O4/c1-2-24-11-13-25(14-12-24)20-19(15-3-7-18(8-4-15)27(30)31)21(28)26(22(20)29)17-9-5-16(23)6-10-17/h3-10H,2,11-14H2,1H3. The van der Waals surface area contributed by atoms with Crippen molar-refractivity contribution < 1.29 is 14.5 Å². The Morgan fingerprint density at radius 1 is 0.935 bits per heavy atom. The number of nitro benzene ring substituents is 1. The van der Waals surface area contributed by atoms with E-state index in [1.807, 2.05) is 4.90 Å². The van der Waals surface area contributed by atoms with E-state index in [-0.39, 0.29) is 11.3 Å². The van der Waals surface area contributed by atoms with Crippen molar-refractivity contribution in [3.8, 4) is 0 Å². The molecular formula is C22H21ClN4O4. The Balaban J connectivity index is 1.77. The quantitative estimate of drug-likeness (QED) is 0.403. The number of anilines is 1. The van der Waals surface area contributed by atoms with E-state index in [1.165, 1.54) is 24.3 Å². The molecule has 1 saturated heterocycles. The van der Waals surface area contributed by atoms with Gasteiger partial charge < -0.3 is 9.80 Å². The van der Waals surface area contributed by atoms with Gasteiger partial charge in [-0.2, -0.15) is 0 Å². The van der Waals surface area contributed by atoms with Crippen LogP contribution in [0.3, 0.4) is 0 Å². The summed E-state index contributed by atoms with van der Waals surface area (Å²) in [5, 5.41) is 11.5. The van der Waals surface area contributed by atoms with Gasteiger partial charge in [-0.15, -0.1) is 0 Å². The molecule has 31 heavy (non-hydrogen) atoms. The summed E-state index contributed by atoms with van der Waals surface area (Å²) in [5.74, 6) is -0.847. The maximum Gasteiger partial charge on any atom is 0.282 e. The third-order valence-corrected chi connectivity index (χ3v) is 5.90. The average Bonchev–Trinajstić information content (AvgIpc) is 3.04. The van der Waals surface area contributed by atoms with Gasteiger partial charge in [-0.3, -0.25) is 19.7 Å². The third-order valence-electron chi connectivity index (χ3n) is 5.65. The minimum Gasteiger partial charge on any atom is -0.364 e. The monoisotopic (exact) mass is 440 g/mol. The summed E-state index contributed by atoms with van der Waals surface area (Å²) in [7, 11) is 0. The molecule has 1 fully saturated rings. The Kier molecular flexibility index (Phi) is 5.75. The molecule has 0 unspecified atom stereocenters. The van der Waals surface area contributed by atoms with E-state index >= 15 is 0 Å². The van der Waals surface area contributed by atoms with Gasteiger partial charge in [0.15, 0.2) is 0 Å². The number of nitrogens with zero attached hydrogens (tertiary/aromatic N) is 4. The van der Waals surface area contributed by atoms with Crippen molar-refractivity contribution in [1.82, 2.24) is 9.80 Å². The Morgan fingerprint density at radius 2 is 1.55 bits per heavy atom. The van der Waals surface area contributed by atoms with Crippen LogP contribution in [0.5, 0.6) is 0 Å². The number of hydrogen-bond donors (Lipinski definition) is 0. The number of carbonyl (C=O) groups is 2. The van der Waals surface area contributed by atoms with Gasteiger partial charge in [-0.05, 0) is 48.5 Å². The molecule has 0 spiro atoms. The summed E-state index contributed by atoms with van der Waals surface area (Å²) < 4.78 is 0. The first-order chi connectivity index (χ1) is 14.9. The van der Waals surface area contributed by atoms with Crippen LogP contribution in [0.2, 0.25) is 5.02 Å². The van der Waals surface area contributed by atoms with E-state index in [9.17, 15) is 19.7 Å². The molecule has 4 rings (SSSR count). The van der Waals surface area contributed by atoms with Gasteiger partial charge >= 0.3 is 0 Å². The van der Waals surface area contributed by atoms with Crippen LogP contribution in [-0.2, 0) is 9.59 Å². The zero-order valence-corrected chi connectivity index (χ0v) is 17.7. The van der Waals surface area contributed by atoms with Gasteiger partial charge in [-0.1, -0.05) is 18.5 Å². The van der Waals surface area contributed by atoms with Crippen LogP contribution in [0.15, 0.2) is 54.2 Å². The van der Waals surface area contributed by atoms with Gasteiger partial charge in [0.05, 0.1) is 16.2 Å². The first-order valence-corrected chi connectivity index (χ1v) is 10.4. The van der Waals surface area contributed by atoms with Crippen LogP contribution in [0.25, 0.3) is 5.57 Å². The summed E-state index contributed by atoms with van der Waals surface area (Å²) in [4.78, 5) is 42.8. The number of rotatable bonds is 5. The van der Waals surface area contributed by atoms with Crippen LogP contribution in [-0.4, -0.2) is 59.3 Å². The van der Waals surface area contributed by atoms with Gasteiger partial charge in [0.2, 0.25) is 0 Å². The first kappa shape index (κ1) is 21.0. The minimum absolute atomic E-state index is 0.0752. The number of nitro groups is 1. The largest absolute Gasteiger partial charge is 0.364 e. The normalized spacial score (nSPS) is 17.6. The smallest absolute Gasteiger partial charge is 0.282 e. The minimum atomic E-state index is -0.495. The molecule has 9 heteroatoms. The van der Waals surface area contributed by atoms with Crippen LogP contribution in [0.1, 0.15) is 12.5 Å². The molecule has 160 valence electrons. The molecule has 2 aliphatic heterocycles. The Morgan fingerprint density at radius 3 is 2.10 bits per heavy atom. The second-order valence-electron chi connectivity index (χ2n) is 7.37. The van der Waals surface area contributed by atoms with E-state index in [2.05, 4.69) is 11.8 Å². The molecule has 0 N–H and O–H groups in total. The second-order valence-corrected chi connectivity index (χ2v) is 7.81. The molecule has 0 radical (unpaired) electrons. The van der Waals surface area contributed by atoms with Crippen molar-refractivity contribution in [3.63, 3.8) is 0 Å². The van der Waals surface area contributed by atoms with E-state index in [4.69, 9.17) is 11.6 Å². The lowest BCUT2D eigenvalue weighted by molar-refractivity contribution is -0.384. The molecule has 2 aromatic carbocycles. The van der Waals surface area contributed by atoms with Gasteiger partial charge in [0.1, 0.15) is 5.70 Å². The van der Waals surface area contributed by atoms with Crippen molar-refractivity contribution in [2.24, 2.45) is 0 Å². The molecule has 0 aliphatic carbocycles. The van der Waals surface area contributed by atoms with Crippen molar-refractivity contribution in [1.29, 1.82) is 0 Å². The van der Waals surface area contributed by atoms with E-state index in [1.54, 1.807) is 24.3 Å². The fraction of sp³-hybridized carbons (Fsp3) is 0.273. The predicted octanol–water partition coefficient (Wildman–Crippen LogP) is 3.17. The van der Waals surface area contributed by atoms with E-state index in [0.717, 1.165) is 24.5 Å². The van der Waals surface area contributed by atoms with E-state index < -0.39 is 16.7 Å². The first-order valence-electron chi connectivity index (χ1n) is 10.0. The Hall–Kier alpha value is -3.23. The Bertz CT molecular complexity index is 1060. The number of carbonyl (C=O) groups excluding carboxylic acids is 2. The van der Waals surface area contributed by atoms with Crippen LogP contribution < -0.4 is 4.90 Å². The molecular weight excluding hydrogens is 420 g/mol. The van der Waals surface area contributed by atoms with Crippen molar-refractivity contribution >= 4 is 40.4 Å². The molecule has 0 bridgehead atoms. The van der Waals surface area contributed by atoms with Crippen molar-refractivity contribution in [2.75, 3.05) is 37.6 Å². The molecule has 2 amide bonds. The van der Waals surface area contributed by atoms with Gasteiger partial charge in [-0.25, -0.2) is 4.90 Å². The van der Waals surface area contributed by atoms with E-state index in [0.29, 0.717) is 35.1 Å². The number of non-ortho nitro benzene ring substituents is 1. The zero-order valence-electron chi connectivity index (χ0n) is 17.0. The molecule has 2 aromatic rings. The molecule has 8 nitrogen and oxygen atoms in total. The van der Waals surface area contributed by atoms with Crippen LogP contribution in [0.4, 0.5) is 11.4 Å². The fourth-order valence-electron chi connectivity index (χ4n) is 3.93. The Labute approximate surface area is 184 Å². The van der Waals surface area contributed by atoms with Crippen molar-refractivity contribution in [3.05, 3.63) is 74.9 Å². The molecule has 0 atom stereocenters. The van der Waals surface area contributed by atoms with Gasteiger partial charge in [0.25, 0.3) is 17.5 Å².